The normalized spacial score (nSPS) is 27.8. The van der Waals surface area contributed by atoms with Crippen molar-refractivity contribution >= 4 is 15.9 Å². The highest BCUT2D eigenvalue weighted by Crippen LogP contribution is 2.40. The molecule has 0 saturated heterocycles. The zero-order chi connectivity index (χ0) is 15.4. The van der Waals surface area contributed by atoms with Crippen LogP contribution >= 0.6 is 15.9 Å². The third kappa shape index (κ3) is 6.93. The van der Waals surface area contributed by atoms with E-state index in [1.54, 1.807) is 0 Å². The molecule has 1 aliphatic carbocycles. The molecule has 2 heteroatoms. The van der Waals surface area contributed by atoms with Crippen LogP contribution in [0.2, 0.25) is 0 Å². The minimum Gasteiger partial charge on any atom is -0.376 e. The Bertz CT molecular complexity index is 264. The summed E-state index contributed by atoms with van der Waals surface area (Å²) in [6.07, 6.45) is 8.15. The molecule has 0 aromatic rings. The van der Waals surface area contributed by atoms with E-state index in [9.17, 15) is 0 Å². The number of ether oxygens (including phenoxy) is 1. The first kappa shape index (κ1) is 18.5. The van der Waals surface area contributed by atoms with E-state index in [-0.39, 0.29) is 5.60 Å². The van der Waals surface area contributed by atoms with Crippen LogP contribution in [0, 0.1) is 17.3 Å². The predicted molar refractivity (Wildman–Crippen MR) is 92.6 cm³/mol. The summed E-state index contributed by atoms with van der Waals surface area (Å²) in [7, 11) is 0. The van der Waals surface area contributed by atoms with Gasteiger partial charge in [0.2, 0.25) is 0 Å². The molecule has 1 rings (SSSR count). The molecule has 0 heterocycles. The highest BCUT2D eigenvalue weighted by Gasteiger charge is 2.33. The van der Waals surface area contributed by atoms with Crippen molar-refractivity contribution in [2.45, 2.75) is 90.5 Å². The van der Waals surface area contributed by atoms with Gasteiger partial charge >= 0.3 is 0 Å². The Morgan fingerprint density at radius 1 is 0.950 bits per heavy atom. The maximum absolute atomic E-state index is 6.16. The van der Waals surface area contributed by atoms with Gasteiger partial charge in [-0.1, -0.05) is 62.4 Å². The lowest BCUT2D eigenvalue weighted by Crippen LogP contribution is -2.36. The van der Waals surface area contributed by atoms with Gasteiger partial charge in [0.05, 0.1) is 12.2 Å². The fourth-order valence-electron chi connectivity index (χ4n) is 3.33. The number of hydrogen-bond donors (Lipinski definition) is 0. The Kier molecular flexibility index (Phi) is 7.05. The van der Waals surface area contributed by atoms with Crippen LogP contribution in [0.5, 0.6) is 0 Å². The van der Waals surface area contributed by atoms with Crippen molar-refractivity contribution < 1.29 is 4.74 Å². The second-order valence-corrected chi connectivity index (χ2v) is 9.91. The molecule has 20 heavy (non-hydrogen) atoms. The third-order valence-corrected chi connectivity index (χ3v) is 5.48. The maximum Gasteiger partial charge on any atom is 0.0598 e. The van der Waals surface area contributed by atoms with Crippen LogP contribution in [0.4, 0.5) is 0 Å². The molecule has 1 atom stereocenters. The maximum atomic E-state index is 6.16. The van der Waals surface area contributed by atoms with E-state index in [0.717, 1.165) is 17.4 Å². The number of hydrogen-bond acceptors (Lipinski definition) is 1. The molecule has 0 bridgehead atoms. The van der Waals surface area contributed by atoms with Gasteiger partial charge in [-0.3, -0.25) is 0 Å². The van der Waals surface area contributed by atoms with Gasteiger partial charge in [0.25, 0.3) is 0 Å². The average Bonchev–Trinajstić information content (AvgIpc) is 2.21. The molecule has 0 radical (unpaired) electrons. The summed E-state index contributed by atoms with van der Waals surface area (Å²) in [6.45, 7) is 14.6. The Hall–Kier alpha value is 0.440. The molecular weight excluding hydrogens is 312 g/mol. The standard InChI is InChI=1S/C18H35BrO/c1-17(2,3)16(13-20-18(4,5)6)14-9-7-11-15(19)12-8-10-14/h14-16H,7-13H2,1-6H3. The second-order valence-electron chi connectivity index (χ2n) is 8.62. The first-order valence-corrected chi connectivity index (χ1v) is 9.29. The molecule has 1 aliphatic rings. The number of rotatable bonds is 3. The van der Waals surface area contributed by atoms with Crippen LogP contribution in [-0.2, 0) is 4.74 Å². The summed E-state index contributed by atoms with van der Waals surface area (Å²) in [4.78, 5) is 0.752. The van der Waals surface area contributed by atoms with Crippen molar-refractivity contribution in [3.05, 3.63) is 0 Å². The molecule has 0 aromatic carbocycles. The van der Waals surface area contributed by atoms with Crippen LogP contribution in [-0.4, -0.2) is 17.0 Å². The van der Waals surface area contributed by atoms with Crippen LogP contribution in [0.1, 0.15) is 80.1 Å². The molecular formula is C18H35BrO. The molecule has 1 saturated carbocycles. The van der Waals surface area contributed by atoms with E-state index >= 15 is 0 Å². The topological polar surface area (TPSA) is 9.23 Å². The van der Waals surface area contributed by atoms with E-state index in [0.29, 0.717) is 11.3 Å². The molecule has 120 valence electrons. The van der Waals surface area contributed by atoms with Crippen molar-refractivity contribution in [1.29, 1.82) is 0 Å². The van der Waals surface area contributed by atoms with E-state index in [4.69, 9.17) is 4.74 Å². The summed E-state index contributed by atoms with van der Waals surface area (Å²) in [6, 6.07) is 0. The highest BCUT2D eigenvalue weighted by molar-refractivity contribution is 9.09. The van der Waals surface area contributed by atoms with E-state index < -0.39 is 0 Å². The molecule has 1 unspecified atom stereocenters. The molecule has 1 nitrogen and oxygen atoms in total. The van der Waals surface area contributed by atoms with E-state index in [1.807, 2.05) is 0 Å². The van der Waals surface area contributed by atoms with E-state index in [1.165, 1.54) is 38.5 Å². The highest BCUT2D eigenvalue weighted by atomic mass is 79.9. The Balaban J connectivity index is 2.66. The fraction of sp³-hybridized carbons (Fsp3) is 1.00. The van der Waals surface area contributed by atoms with Crippen LogP contribution in [0.15, 0.2) is 0 Å². The summed E-state index contributed by atoms with van der Waals surface area (Å²) in [5.74, 6) is 1.51. The van der Waals surface area contributed by atoms with Gasteiger partial charge in [-0.2, -0.15) is 0 Å². The summed E-state index contributed by atoms with van der Waals surface area (Å²) in [5.41, 5.74) is 0.314. The smallest absolute Gasteiger partial charge is 0.0598 e. The lowest BCUT2D eigenvalue weighted by molar-refractivity contribution is -0.0593. The molecule has 0 amide bonds. The summed E-state index contributed by atoms with van der Waals surface area (Å²) < 4.78 is 6.16. The largest absolute Gasteiger partial charge is 0.376 e. The van der Waals surface area contributed by atoms with Gasteiger partial charge in [-0.25, -0.2) is 0 Å². The first-order chi connectivity index (χ1) is 9.09. The quantitative estimate of drug-likeness (QED) is 0.553. The molecule has 0 aromatic heterocycles. The van der Waals surface area contributed by atoms with Crippen LogP contribution < -0.4 is 0 Å². The van der Waals surface area contributed by atoms with Crippen molar-refractivity contribution in [2.24, 2.45) is 17.3 Å². The predicted octanol–water partition coefficient (Wildman–Crippen LogP) is 6.20. The minimum absolute atomic E-state index is 0.0218. The zero-order valence-corrected chi connectivity index (χ0v) is 16.1. The number of halogens is 1. The fourth-order valence-corrected chi connectivity index (χ4v) is 3.97. The van der Waals surface area contributed by atoms with Crippen molar-refractivity contribution in [1.82, 2.24) is 0 Å². The first-order valence-electron chi connectivity index (χ1n) is 8.37. The summed E-state index contributed by atoms with van der Waals surface area (Å²) in [5, 5.41) is 0. The minimum atomic E-state index is -0.0218. The van der Waals surface area contributed by atoms with Gasteiger partial charge in [0.15, 0.2) is 0 Å². The van der Waals surface area contributed by atoms with Crippen LogP contribution in [0.25, 0.3) is 0 Å². The van der Waals surface area contributed by atoms with Crippen LogP contribution in [0.3, 0.4) is 0 Å². The molecule has 1 fully saturated rings. The van der Waals surface area contributed by atoms with Crippen molar-refractivity contribution in [2.75, 3.05) is 6.61 Å². The molecule has 0 spiro atoms. The van der Waals surface area contributed by atoms with Gasteiger partial charge in [-0.15, -0.1) is 0 Å². The summed E-state index contributed by atoms with van der Waals surface area (Å²) >= 11 is 3.80. The Morgan fingerprint density at radius 2 is 1.45 bits per heavy atom. The van der Waals surface area contributed by atoms with Gasteiger partial charge in [0.1, 0.15) is 0 Å². The molecule has 0 aliphatic heterocycles. The lowest BCUT2D eigenvalue weighted by Gasteiger charge is -2.39. The Labute approximate surface area is 135 Å². The second kappa shape index (κ2) is 7.63. The van der Waals surface area contributed by atoms with Gasteiger partial charge in [0, 0.05) is 4.83 Å². The van der Waals surface area contributed by atoms with Gasteiger partial charge in [-0.05, 0) is 50.9 Å². The monoisotopic (exact) mass is 346 g/mol. The average molecular weight is 347 g/mol. The molecule has 0 N–H and O–H groups in total. The van der Waals surface area contributed by atoms with Crippen molar-refractivity contribution in [3.63, 3.8) is 0 Å². The lowest BCUT2D eigenvalue weighted by atomic mass is 9.69. The van der Waals surface area contributed by atoms with E-state index in [2.05, 4.69) is 57.5 Å². The number of alkyl halides is 1. The van der Waals surface area contributed by atoms with Crippen molar-refractivity contribution in [3.8, 4) is 0 Å². The SMILES string of the molecule is CC(C)(C)OCC(C1CCCC(Br)CCC1)C(C)(C)C. The van der Waals surface area contributed by atoms with Gasteiger partial charge < -0.3 is 4.74 Å². The third-order valence-electron chi connectivity index (χ3n) is 4.56. The Morgan fingerprint density at radius 3 is 1.85 bits per heavy atom. The zero-order valence-electron chi connectivity index (χ0n) is 14.5.